The summed E-state index contributed by atoms with van der Waals surface area (Å²) < 4.78 is 1.30. The monoisotopic (exact) mass is 305 g/mol. The van der Waals surface area contributed by atoms with Gasteiger partial charge in [-0.1, -0.05) is 36.4 Å². The summed E-state index contributed by atoms with van der Waals surface area (Å²) in [4.78, 5) is 0. The average Bonchev–Trinajstić information content (AvgIpc) is 3.16. The van der Waals surface area contributed by atoms with Gasteiger partial charge in [0, 0.05) is 11.8 Å². The van der Waals surface area contributed by atoms with Crippen LogP contribution < -0.4 is 5.32 Å². The van der Waals surface area contributed by atoms with Gasteiger partial charge in [0.1, 0.15) is 0 Å². The third kappa shape index (κ3) is 3.26. The molecule has 1 fully saturated rings. The lowest BCUT2D eigenvalue weighted by molar-refractivity contribution is 0.177. The number of hydrogen-bond donors (Lipinski definition) is 2. The van der Waals surface area contributed by atoms with E-state index in [0.717, 1.165) is 5.75 Å². The van der Waals surface area contributed by atoms with Crippen molar-refractivity contribution in [2.45, 2.75) is 28.6 Å². The average molecular weight is 305 g/mol. The first-order chi connectivity index (χ1) is 9.82. The summed E-state index contributed by atoms with van der Waals surface area (Å²) in [7, 11) is 0. The van der Waals surface area contributed by atoms with E-state index in [9.17, 15) is 5.11 Å². The molecule has 1 aliphatic carbocycles. The molecule has 0 spiro atoms. The number of benzene rings is 1. The largest absolute Gasteiger partial charge is 0.394 e. The lowest BCUT2D eigenvalue weighted by Crippen LogP contribution is -2.49. The minimum atomic E-state index is -0.336. The Balaban J connectivity index is 1.81. The molecule has 0 radical (unpaired) electrons. The van der Waals surface area contributed by atoms with E-state index in [1.165, 1.54) is 22.6 Å². The molecule has 3 rings (SSSR count). The van der Waals surface area contributed by atoms with Crippen LogP contribution in [0.15, 0.2) is 52.1 Å². The molecule has 2 N–H and O–H groups in total. The lowest BCUT2D eigenvalue weighted by atomic mass is 9.92. The van der Waals surface area contributed by atoms with Gasteiger partial charge in [0.2, 0.25) is 0 Å². The predicted molar refractivity (Wildman–Crippen MR) is 86.4 cm³/mol. The number of hydrogen-bond acceptors (Lipinski definition) is 4. The fourth-order valence-electron chi connectivity index (χ4n) is 2.31. The van der Waals surface area contributed by atoms with Crippen molar-refractivity contribution in [1.82, 2.24) is 5.32 Å². The van der Waals surface area contributed by atoms with Crippen LogP contribution in [0.1, 0.15) is 18.4 Å². The highest BCUT2D eigenvalue weighted by molar-refractivity contribution is 8.01. The zero-order valence-electron chi connectivity index (χ0n) is 11.3. The zero-order valence-corrected chi connectivity index (χ0v) is 12.9. The Morgan fingerprint density at radius 3 is 2.60 bits per heavy atom. The summed E-state index contributed by atoms with van der Waals surface area (Å²) in [5, 5.41) is 15.8. The second-order valence-electron chi connectivity index (χ2n) is 5.25. The minimum Gasteiger partial charge on any atom is -0.394 e. The van der Waals surface area contributed by atoms with Crippen molar-refractivity contribution in [1.29, 1.82) is 0 Å². The van der Waals surface area contributed by atoms with Gasteiger partial charge in [0.15, 0.2) is 0 Å². The molecule has 2 aromatic rings. The van der Waals surface area contributed by atoms with E-state index in [1.807, 2.05) is 30.0 Å². The van der Waals surface area contributed by atoms with Gasteiger partial charge in [0.25, 0.3) is 0 Å². The summed E-state index contributed by atoms with van der Waals surface area (Å²) >= 11 is 3.58. The molecule has 0 amide bonds. The van der Waals surface area contributed by atoms with Crippen molar-refractivity contribution in [2.24, 2.45) is 0 Å². The predicted octanol–water partition coefficient (Wildman–Crippen LogP) is 3.48. The molecule has 106 valence electrons. The van der Waals surface area contributed by atoms with Gasteiger partial charge in [-0.25, -0.2) is 0 Å². The molecule has 4 heteroatoms. The molecule has 0 bridgehead atoms. The molecule has 1 atom stereocenters. The van der Waals surface area contributed by atoms with E-state index in [4.69, 9.17) is 0 Å². The van der Waals surface area contributed by atoms with Crippen LogP contribution in [0.2, 0.25) is 0 Å². The molecule has 1 saturated carbocycles. The van der Waals surface area contributed by atoms with E-state index < -0.39 is 0 Å². The fraction of sp³-hybridized carbons (Fsp3) is 0.375. The van der Waals surface area contributed by atoms with Crippen LogP contribution in [0.25, 0.3) is 0 Å². The quantitative estimate of drug-likeness (QED) is 0.768. The lowest BCUT2D eigenvalue weighted by Gasteiger charge is -2.33. The van der Waals surface area contributed by atoms with Crippen LogP contribution in [-0.2, 0) is 5.54 Å². The van der Waals surface area contributed by atoms with Gasteiger partial charge in [-0.05, 0) is 29.9 Å². The van der Waals surface area contributed by atoms with Gasteiger partial charge in [-0.3, -0.25) is 0 Å². The Morgan fingerprint density at radius 1 is 1.20 bits per heavy atom. The van der Waals surface area contributed by atoms with E-state index in [2.05, 4.69) is 35.0 Å². The maximum absolute atomic E-state index is 10.1. The van der Waals surface area contributed by atoms with Gasteiger partial charge >= 0.3 is 0 Å². The van der Waals surface area contributed by atoms with Crippen LogP contribution in [0.3, 0.4) is 0 Å². The fourth-order valence-corrected chi connectivity index (χ4v) is 4.28. The third-order valence-corrected chi connectivity index (χ3v) is 5.97. The van der Waals surface area contributed by atoms with Crippen molar-refractivity contribution in [3.8, 4) is 0 Å². The van der Waals surface area contributed by atoms with Crippen LogP contribution in [-0.4, -0.2) is 23.5 Å². The molecular weight excluding hydrogens is 286 g/mol. The maximum Gasteiger partial charge on any atom is 0.0766 e. The highest BCUT2D eigenvalue weighted by atomic mass is 32.2. The molecular formula is C16H19NOS2. The molecule has 1 heterocycles. The first kappa shape index (κ1) is 14.1. The topological polar surface area (TPSA) is 32.3 Å². The maximum atomic E-state index is 10.1. The molecule has 2 nitrogen and oxygen atoms in total. The molecule has 1 aliphatic rings. The summed E-state index contributed by atoms with van der Waals surface area (Å²) in [5.74, 6) is 0.852. The summed E-state index contributed by atoms with van der Waals surface area (Å²) in [5.41, 5.74) is 0.843. The van der Waals surface area contributed by atoms with Gasteiger partial charge < -0.3 is 10.4 Å². The highest BCUT2D eigenvalue weighted by Crippen LogP contribution is 2.34. The van der Waals surface area contributed by atoms with E-state index >= 15 is 0 Å². The standard InChI is InChI=1S/C16H19NOS2/c18-11-16(17-14-8-9-14,13-5-2-1-3-6-13)12-20-15-7-4-10-19-15/h1-7,10,14,17-18H,8-9,11-12H2. The van der Waals surface area contributed by atoms with E-state index in [1.54, 1.807) is 11.3 Å². The van der Waals surface area contributed by atoms with Crippen molar-refractivity contribution in [3.05, 3.63) is 53.4 Å². The Morgan fingerprint density at radius 2 is 2.00 bits per heavy atom. The molecule has 1 aromatic heterocycles. The summed E-state index contributed by atoms with van der Waals surface area (Å²) in [6.45, 7) is 0.131. The van der Waals surface area contributed by atoms with Crippen molar-refractivity contribution < 1.29 is 5.11 Å². The Kier molecular flexibility index (Phi) is 4.46. The van der Waals surface area contributed by atoms with E-state index in [0.29, 0.717) is 6.04 Å². The Bertz CT molecular complexity index is 525. The first-order valence-corrected chi connectivity index (χ1v) is 8.79. The Labute approximate surface area is 128 Å². The molecule has 20 heavy (non-hydrogen) atoms. The molecule has 0 saturated heterocycles. The zero-order chi connectivity index (χ0) is 13.8. The molecule has 1 unspecified atom stereocenters. The van der Waals surface area contributed by atoms with E-state index in [-0.39, 0.29) is 12.1 Å². The minimum absolute atomic E-state index is 0.131. The van der Waals surface area contributed by atoms with Crippen molar-refractivity contribution in [3.63, 3.8) is 0 Å². The van der Waals surface area contributed by atoms with Crippen molar-refractivity contribution >= 4 is 23.1 Å². The van der Waals surface area contributed by atoms with Gasteiger partial charge in [-0.15, -0.1) is 23.1 Å². The van der Waals surface area contributed by atoms with Gasteiger partial charge in [-0.2, -0.15) is 0 Å². The third-order valence-electron chi connectivity index (χ3n) is 3.61. The van der Waals surface area contributed by atoms with Crippen LogP contribution in [0.5, 0.6) is 0 Å². The first-order valence-electron chi connectivity index (χ1n) is 6.93. The number of aliphatic hydroxyl groups is 1. The number of nitrogens with one attached hydrogen (secondary N) is 1. The SMILES string of the molecule is OCC(CSc1cccs1)(NC1CC1)c1ccccc1. The van der Waals surface area contributed by atoms with Crippen LogP contribution >= 0.6 is 23.1 Å². The second-order valence-corrected chi connectivity index (χ2v) is 7.47. The van der Waals surface area contributed by atoms with Crippen molar-refractivity contribution in [2.75, 3.05) is 12.4 Å². The normalized spacial score (nSPS) is 17.9. The second kappa shape index (κ2) is 6.31. The molecule has 0 aliphatic heterocycles. The number of thioether (sulfide) groups is 1. The number of thiophene rings is 1. The Hall–Kier alpha value is -0.810. The highest BCUT2D eigenvalue weighted by Gasteiger charge is 2.37. The molecule has 1 aromatic carbocycles. The summed E-state index contributed by atoms with van der Waals surface area (Å²) in [6, 6.07) is 15.1. The van der Waals surface area contributed by atoms with Gasteiger partial charge in [0.05, 0.1) is 16.4 Å². The number of aliphatic hydroxyl groups excluding tert-OH is 1. The van der Waals surface area contributed by atoms with Crippen LogP contribution in [0.4, 0.5) is 0 Å². The smallest absolute Gasteiger partial charge is 0.0766 e. The summed E-state index contributed by atoms with van der Waals surface area (Å²) in [6.07, 6.45) is 2.44. The van der Waals surface area contributed by atoms with Crippen LogP contribution in [0, 0.1) is 0 Å². The number of rotatable bonds is 7.